The Hall–Kier alpha value is -3.80. The van der Waals surface area contributed by atoms with Crippen molar-refractivity contribution in [2.24, 2.45) is 11.7 Å². The third-order valence-corrected chi connectivity index (χ3v) is 5.41. The molecule has 0 saturated heterocycles. The van der Waals surface area contributed by atoms with Crippen molar-refractivity contribution in [1.29, 1.82) is 0 Å². The quantitative estimate of drug-likeness (QED) is 0.340. The van der Waals surface area contributed by atoms with Gasteiger partial charge in [-0.05, 0) is 43.9 Å². The van der Waals surface area contributed by atoms with E-state index in [0.717, 1.165) is 25.0 Å². The van der Waals surface area contributed by atoms with Crippen molar-refractivity contribution in [3.8, 4) is 28.7 Å². The maximum atomic E-state index is 14.0. The van der Waals surface area contributed by atoms with Gasteiger partial charge in [-0.2, -0.15) is 8.78 Å². The summed E-state index contributed by atoms with van der Waals surface area (Å²) in [6, 6.07) is 4.74. The van der Waals surface area contributed by atoms with Crippen LogP contribution < -0.4 is 20.5 Å². The van der Waals surface area contributed by atoms with Crippen molar-refractivity contribution in [2.45, 2.75) is 39.0 Å². The summed E-state index contributed by atoms with van der Waals surface area (Å²) < 4.78 is 69.5. The molecule has 1 atom stereocenters. The highest BCUT2D eigenvalue weighted by atomic mass is 19.3. The Morgan fingerprint density at radius 2 is 1.92 bits per heavy atom. The van der Waals surface area contributed by atoms with Crippen molar-refractivity contribution in [3.63, 3.8) is 0 Å². The van der Waals surface area contributed by atoms with E-state index in [9.17, 15) is 27.5 Å². The van der Waals surface area contributed by atoms with Gasteiger partial charge in [-0.1, -0.05) is 0 Å². The fourth-order valence-corrected chi connectivity index (χ4v) is 3.38. The van der Waals surface area contributed by atoms with E-state index in [0.29, 0.717) is 18.1 Å². The van der Waals surface area contributed by atoms with Crippen molar-refractivity contribution >= 4 is 5.91 Å². The summed E-state index contributed by atoms with van der Waals surface area (Å²) in [5.41, 5.74) is 5.55. The molecule has 1 aliphatic carbocycles. The Balaban J connectivity index is 1.59. The van der Waals surface area contributed by atoms with Gasteiger partial charge in [-0.25, -0.2) is 13.8 Å². The third-order valence-electron chi connectivity index (χ3n) is 5.41. The molecule has 36 heavy (non-hydrogen) atoms. The molecule has 2 aromatic carbocycles. The predicted octanol–water partition coefficient (Wildman–Crippen LogP) is 4.67. The minimum atomic E-state index is -3.05. The zero-order valence-corrected chi connectivity index (χ0v) is 19.1. The van der Waals surface area contributed by atoms with Gasteiger partial charge in [0.1, 0.15) is 17.4 Å². The van der Waals surface area contributed by atoms with Gasteiger partial charge in [0.2, 0.25) is 5.89 Å². The van der Waals surface area contributed by atoms with Crippen molar-refractivity contribution in [1.82, 2.24) is 10.3 Å². The van der Waals surface area contributed by atoms with Crippen LogP contribution in [0.4, 0.5) is 17.6 Å². The number of rotatable bonds is 10. The van der Waals surface area contributed by atoms with E-state index in [1.807, 2.05) is 0 Å². The summed E-state index contributed by atoms with van der Waals surface area (Å²) in [4.78, 5) is 17.0. The van der Waals surface area contributed by atoms with E-state index in [-0.39, 0.29) is 28.8 Å². The summed E-state index contributed by atoms with van der Waals surface area (Å²) in [6.45, 7) is -1.71. The third kappa shape index (κ3) is 5.88. The summed E-state index contributed by atoms with van der Waals surface area (Å²) >= 11 is 0. The fourth-order valence-electron chi connectivity index (χ4n) is 3.38. The highest BCUT2D eigenvalue weighted by molar-refractivity contribution is 5.94. The first kappa shape index (κ1) is 25.3. The number of carbonyl (C=O) groups is 1. The van der Waals surface area contributed by atoms with Crippen LogP contribution in [0.1, 0.15) is 47.6 Å². The highest BCUT2D eigenvalue weighted by Crippen LogP contribution is 2.37. The number of phenolic OH excluding ortho intramolecular Hbond substituents is 1. The number of amides is 1. The Morgan fingerprint density at radius 3 is 2.53 bits per heavy atom. The van der Waals surface area contributed by atoms with Gasteiger partial charge in [0, 0.05) is 29.8 Å². The number of nitrogens with two attached hydrogens (primary N) is 1. The van der Waals surface area contributed by atoms with Gasteiger partial charge >= 0.3 is 6.61 Å². The zero-order chi connectivity index (χ0) is 26.0. The lowest BCUT2D eigenvalue weighted by atomic mass is 10.1. The summed E-state index contributed by atoms with van der Waals surface area (Å²) in [6.07, 6.45) is 1.97. The van der Waals surface area contributed by atoms with E-state index in [2.05, 4.69) is 15.0 Å². The molecule has 0 unspecified atom stereocenters. The minimum absolute atomic E-state index is 0.00232. The number of carbonyl (C=O) groups excluding carboxylic acids is 1. The first-order chi connectivity index (χ1) is 17.1. The van der Waals surface area contributed by atoms with Crippen LogP contribution in [0.15, 0.2) is 34.7 Å². The number of nitrogens with zero attached hydrogens (tertiary/aromatic N) is 1. The molecular formula is C24H23F4N3O5. The molecule has 4 rings (SSSR count). The molecule has 1 amide bonds. The fraction of sp³-hybridized carbons (Fsp3) is 0.333. The van der Waals surface area contributed by atoms with Crippen LogP contribution in [0.3, 0.4) is 0 Å². The minimum Gasteiger partial charge on any atom is -0.508 e. The number of halogens is 4. The van der Waals surface area contributed by atoms with Crippen LogP contribution in [0.5, 0.6) is 17.2 Å². The van der Waals surface area contributed by atoms with Gasteiger partial charge in [-0.15, -0.1) is 0 Å². The van der Waals surface area contributed by atoms with E-state index in [1.54, 1.807) is 6.92 Å². The number of oxazole rings is 1. The Morgan fingerprint density at radius 1 is 1.22 bits per heavy atom. The number of nitrogens with one attached hydrogen (secondary N) is 1. The normalized spacial score (nSPS) is 14.1. The number of alkyl halides is 2. The molecule has 1 heterocycles. The molecule has 1 fully saturated rings. The first-order valence-electron chi connectivity index (χ1n) is 11.1. The van der Waals surface area contributed by atoms with E-state index < -0.39 is 48.1 Å². The monoisotopic (exact) mass is 509 g/mol. The number of benzene rings is 2. The summed E-state index contributed by atoms with van der Waals surface area (Å²) in [7, 11) is 0. The highest BCUT2D eigenvalue weighted by Gasteiger charge is 2.26. The molecule has 12 heteroatoms. The number of aromatic nitrogens is 1. The van der Waals surface area contributed by atoms with Crippen LogP contribution in [0.25, 0.3) is 11.5 Å². The maximum absolute atomic E-state index is 14.0. The average Bonchev–Trinajstić information content (AvgIpc) is 3.52. The van der Waals surface area contributed by atoms with E-state index in [4.69, 9.17) is 14.9 Å². The standard InChI is InChI=1S/C24H23F4N3O5/c1-11(29)21-20(22(33)30-9-15-16(25)7-14(32)8-17(15)26)31-23(36-21)13-4-5-18(35-24(27)28)19(6-13)34-10-12-2-3-12/h4-8,11-12,24,32H,2-3,9-10,29H2,1H3,(H,30,33)/t11-/m0/s1. The van der Waals surface area contributed by atoms with Gasteiger partial charge in [-0.3, -0.25) is 4.79 Å². The molecule has 1 aliphatic rings. The Bertz CT molecular complexity index is 1240. The second kappa shape index (κ2) is 10.4. The van der Waals surface area contributed by atoms with Crippen LogP contribution in [0.2, 0.25) is 0 Å². The number of hydrogen-bond donors (Lipinski definition) is 3. The average molecular weight is 509 g/mol. The van der Waals surface area contributed by atoms with E-state index in [1.165, 1.54) is 18.2 Å². The number of ether oxygens (including phenoxy) is 2. The van der Waals surface area contributed by atoms with Crippen LogP contribution in [0, 0.1) is 17.6 Å². The second-order valence-corrected chi connectivity index (χ2v) is 8.39. The molecule has 192 valence electrons. The topological polar surface area (TPSA) is 120 Å². The molecule has 0 bridgehead atoms. The van der Waals surface area contributed by atoms with Gasteiger partial charge in [0.15, 0.2) is 23.0 Å². The van der Waals surface area contributed by atoms with Gasteiger partial charge < -0.3 is 30.0 Å². The van der Waals surface area contributed by atoms with Crippen molar-refractivity contribution < 1.29 is 41.4 Å². The molecule has 1 aromatic heterocycles. The Labute approximate surface area is 203 Å². The Kier molecular flexibility index (Phi) is 7.34. The molecule has 8 nitrogen and oxygen atoms in total. The van der Waals surface area contributed by atoms with Crippen molar-refractivity contribution in [2.75, 3.05) is 6.61 Å². The van der Waals surface area contributed by atoms with Crippen LogP contribution >= 0.6 is 0 Å². The van der Waals surface area contributed by atoms with Crippen LogP contribution in [-0.2, 0) is 6.54 Å². The predicted molar refractivity (Wildman–Crippen MR) is 119 cm³/mol. The van der Waals surface area contributed by atoms with Crippen LogP contribution in [-0.4, -0.2) is 29.2 Å². The zero-order valence-electron chi connectivity index (χ0n) is 19.1. The summed E-state index contributed by atoms with van der Waals surface area (Å²) in [5, 5.41) is 11.6. The molecule has 0 radical (unpaired) electrons. The lowest BCUT2D eigenvalue weighted by Gasteiger charge is -2.12. The maximum Gasteiger partial charge on any atom is 0.387 e. The molecule has 3 aromatic rings. The second-order valence-electron chi connectivity index (χ2n) is 8.39. The first-order valence-corrected chi connectivity index (χ1v) is 11.1. The van der Waals surface area contributed by atoms with Crippen molar-refractivity contribution in [3.05, 3.63) is 59.0 Å². The molecule has 4 N–H and O–H groups in total. The molecule has 0 aliphatic heterocycles. The molecule has 0 spiro atoms. The largest absolute Gasteiger partial charge is 0.508 e. The lowest BCUT2D eigenvalue weighted by molar-refractivity contribution is -0.0515. The van der Waals surface area contributed by atoms with E-state index >= 15 is 0 Å². The van der Waals surface area contributed by atoms with Gasteiger partial charge in [0.25, 0.3) is 5.91 Å². The SMILES string of the molecule is C[C@H](N)c1oc(-c2ccc(OC(F)F)c(OCC3CC3)c2)nc1C(=O)NCc1c(F)cc(O)cc1F. The number of phenols is 1. The number of hydrogen-bond acceptors (Lipinski definition) is 7. The summed E-state index contributed by atoms with van der Waals surface area (Å²) in [5.74, 6) is -3.28. The smallest absolute Gasteiger partial charge is 0.387 e. The molecule has 1 saturated carbocycles. The number of aromatic hydroxyl groups is 1. The molecular weight excluding hydrogens is 486 g/mol. The van der Waals surface area contributed by atoms with Gasteiger partial charge in [0.05, 0.1) is 12.6 Å². The lowest BCUT2D eigenvalue weighted by Crippen LogP contribution is -2.26.